The average Bonchev–Trinajstić information content (AvgIpc) is 2.97. The maximum atomic E-state index is 8.75. The largest absolute Gasteiger partial charge is 0.332 e. The highest BCUT2D eigenvalue weighted by molar-refractivity contribution is 9.11. The molecule has 0 aromatic carbocycles. The standard InChI is InChI=1S/C13H5Br2N5O/c14-8-3-9(15)11(18-6-8)12-19-13(21-20-12)10-2-1-7(4-16)5-17-10/h1-3,5-6H. The Morgan fingerprint density at radius 2 is 2.00 bits per heavy atom. The molecule has 0 amide bonds. The van der Waals surface area contributed by atoms with Gasteiger partial charge in [-0.05, 0) is 50.1 Å². The van der Waals surface area contributed by atoms with E-state index in [-0.39, 0.29) is 5.89 Å². The second-order valence-corrected chi connectivity index (χ2v) is 5.72. The molecule has 3 aromatic rings. The number of nitriles is 1. The van der Waals surface area contributed by atoms with Gasteiger partial charge in [0.1, 0.15) is 17.5 Å². The van der Waals surface area contributed by atoms with Gasteiger partial charge in [-0.1, -0.05) is 5.16 Å². The van der Waals surface area contributed by atoms with Crippen molar-refractivity contribution in [2.24, 2.45) is 0 Å². The summed E-state index contributed by atoms with van der Waals surface area (Å²) in [7, 11) is 0. The van der Waals surface area contributed by atoms with Crippen LogP contribution in [0.5, 0.6) is 0 Å². The third kappa shape index (κ3) is 2.84. The maximum Gasteiger partial charge on any atom is 0.276 e. The van der Waals surface area contributed by atoms with E-state index in [9.17, 15) is 0 Å². The molecule has 6 nitrogen and oxygen atoms in total. The van der Waals surface area contributed by atoms with Crippen LogP contribution in [0.1, 0.15) is 5.56 Å². The summed E-state index contributed by atoms with van der Waals surface area (Å²) >= 11 is 6.73. The number of pyridine rings is 2. The summed E-state index contributed by atoms with van der Waals surface area (Å²) in [4.78, 5) is 12.6. The molecule has 0 aliphatic carbocycles. The van der Waals surface area contributed by atoms with Crippen molar-refractivity contribution in [3.63, 3.8) is 0 Å². The van der Waals surface area contributed by atoms with Gasteiger partial charge in [0.15, 0.2) is 0 Å². The van der Waals surface area contributed by atoms with E-state index >= 15 is 0 Å². The van der Waals surface area contributed by atoms with E-state index in [4.69, 9.17) is 9.78 Å². The van der Waals surface area contributed by atoms with Gasteiger partial charge in [0.25, 0.3) is 5.89 Å². The molecule has 0 bridgehead atoms. The number of nitrogens with zero attached hydrogens (tertiary/aromatic N) is 5. The number of hydrogen-bond donors (Lipinski definition) is 0. The Balaban J connectivity index is 1.97. The summed E-state index contributed by atoms with van der Waals surface area (Å²) in [5, 5.41) is 12.6. The summed E-state index contributed by atoms with van der Waals surface area (Å²) < 4.78 is 6.78. The molecule has 0 radical (unpaired) electrons. The van der Waals surface area contributed by atoms with Crippen LogP contribution in [0.2, 0.25) is 0 Å². The van der Waals surface area contributed by atoms with Crippen LogP contribution in [0.4, 0.5) is 0 Å². The minimum absolute atomic E-state index is 0.270. The maximum absolute atomic E-state index is 8.75. The first-order valence-electron chi connectivity index (χ1n) is 5.69. The number of rotatable bonds is 2. The van der Waals surface area contributed by atoms with E-state index in [0.717, 1.165) is 8.95 Å². The normalized spacial score (nSPS) is 10.3. The molecule has 0 unspecified atom stereocenters. The molecule has 3 aromatic heterocycles. The molecule has 0 saturated heterocycles. The van der Waals surface area contributed by atoms with Crippen molar-refractivity contribution in [3.05, 3.63) is 45.1 Å². The van der Waals surface area contributed by atoms with Crippen LogP contribution in [0, 0.1) is 11.3 Å². The first-order chi connectivity index (χ1) is 10.2. The van der Waals surface area contributed by atoms with Gasteiger partial charge >= 0.3 is 0 Å². The SMILES string of the molecule is N#Cc1ccc(-c2nc(-c3ncc(Br)cc3Br)no2)nc1. The highest BCUT2D eigenvalue weighted by Gasteiger charge is 2.15. The molecule has 0 fully saturated rings. The summed E-state index contributed by atoms with van der Waals surface area (Å²) in [5.74, 6) is 0.627. The smallest absolute Gasteiger partial charge is 0.276 e. The Bertz CT molecular complexity index is 839. The van der Waals surface area contributed by atoms with E-state index in [2.05, 4.69) is 52.0 Å². The molecular formula is C13H5Br2N5O. The van der Waals surface area contributed by atoms with Crippen molar-refractivity contribution >= 4 is 31.9 Å². The Labute approximate surface area is 136 Å². The van der Waals surface area contributed by atoms with Gasteiger partial charge in [0, 0.05) is 21.3 Å². The van der Waals surface area contributed by atoms with E-state index in [1.807, 2.05) is 12.1 Å². The van der Waals surface area contributed by atoms with Gasteiger partial charge in [0.2, 0.25) is 5.82 Å². The fraction of sp³-hybridized carbons (Fsp3) is 0. The van der Waals surface area contributed by atoms with Crippen molar-refractivity contribution < 1.29 is 4.52 Å². The van der Waals surface area contributed by atoms with Crippen LogP contribution in [-0.2, 0) is 0 Å². The molecular weight excluding hydrogens is 402 g/mol. The number of halogens is 2. The lowest BCUT2D eigenvalue weighted by Gasteiger charge is -1.97. The molecule has 3 heterocycles. The molecule has 0 aliphatic rings. The zero-order valence-corrected chi connectivity index (χ0v) is 13.5. The number of aromatic nitrogens is 4. The summed E-state index contributed by atoms with van der Waals surface area (Å²) in [6.45, 7) is 0. The Morgan fingerprint density at radius 3 is 2.67 bits per heavy atom. The van der Waals surface area contributed by atoms with E-state index in [1.54, 1.807) is 18.3 Å². The van der Waals surface area contributed by atoms with Gasteiger partial charge in [-0.15, -0.1) is 0 Å². The molecule has 3 rings (SSSR count). The second-order valence-electron chi connectivity index (χ2n) is 3.95. The first-order valence-corrected chi connectivity index (χ1v) is 7.27. The zero-order chi connectivity index (χ0) is 14.8. The van der Waals surface area contributed by atoms with Gasteiger partial charge in [-0.2, -0.15) is 10.2 Å². The highest BCUT2D eigenvalue weighted by Crippen LogP contribution is 2.27. The van der Waals surface area contributed by atoms with Crippen LogP contribution in [-0.4, -0.2) is 20.1 Å². The predicted molar refractivity (Wildman–Crippen MR) is 80.9 cm³/mol. The van der Waals surface area contributed by atoms with Gasteiger partial charge < -0.3 is 4.52 Å². The average molecular weight is 407 g/mol. The third-order valence-corrected chi connectivity index (χ3v) is 3.60. The summed E-state index contributed by atoms with van der Waals surface area (Å²) in [5.41, 5.74) is 1.54. The Morgan fingerprint density at radius 1 is 1.14 bits per heavy atom. The van der Waals surface area contributed by atoms with Crippen LogP contribution in [0.3, 0.4) is 0 Å². The monoisotopic (exact) mass is 405 g/mol. The predicted octanol–water partition coefficient (Wildman–Crippen LogP) is 3.59. The highest BCUT2D eigenvalue weighted by atomic mass is 79.9. The molecule has 0 aliphatic heterocycles. The van der Waals surface area contributed by atoms with Gasteiger partial charge in [0.05, 0.1) is 5.56 Å². The van der Waals surface area contributed by atoms with Crippen LogP contribution in [0.25, 0.3) is 23.1 Å². The van der Waals surface area contributed by atoms with Crippen molar-refractivity contribution in [2.75, 3.05) is 0 Å². The summed E-state index contributed by atoms with van der Waals surface area (Å²) in [6, 6.07) is 7.14. The number of hydrogen-bond acceptors (Lipinski definition) is 6. The van der Waals surface area contributed by atoms with E-state index < -0.39 is 0 Å². The Kier molecular flexibility index (Phi) is 3.77. The zero-order valence-electron chi connectivity index (χ0n) is 10.3. The molecule has 0 atom stereocenters. The van der Waals surface area contributed by atoms with Crippen molar-refractivity contribution in [1.29, 1.82) is 5.26 Å². The second kappa shape index (κ2) is 5.71. The topological polar surface area (TPSA) is 88.5 Å². The quantitative estimate of drug-likeness (QED) is 0.646. The summed E-state index contributed by atoms with van der Waals surface area (Å²) in [6.07, 6.45) is 3.10. The van der Waals surface area contributed by atoms with Crippen molar-refractivity contribution in [3.8, 4) is 29.2 Å². The van der Waals surface area contributed by atoms with Crippen LogP contribution >= 0.6 is 31.9 Å². The first kappa shape index (κ1) is 13.9. The van der Waals surface area contributed by atoms with Crippen molar-refractivity contribution in [1.82, 2.24) is 20.1 Å². The minimum atomic E-state index is 0.270. The Hall–Kier alpha value is -2.11. The fourth-order valence-corrected chi connectivity index (χ4v) is 2.75. The molecule has 0 spiro atoms. The van der Waals surface area contributed by atoms with E-state index in [0.29, 0.717) is 22.8 Å². The lowest BCUT2D eigenvalue weighted by atomic mass is 10.2. The van der Waals surface area contributed by atoms with Crippen molar-refractivity contribution in [2.45, 2.75) is 0 Å². The van der Waals surface area contributed by atoms with Crippen LogP contribution in [0.15, 0.2) is 44.1 Å². The van der Waals surface area contributed by atoms with Crippen LogP contribution < -0.4 is 0 Å². The lowest BCUT2D eigenvalue weighted by Crippen LogP contribution is -1.88. The molecule has 0 N–H and O–H groups in total. The fourth-order valence-electron chi connectivity index (χ4n) is 1.59. The van der Waals surface area contributed by atoms with Gasteiger partial charge in [-0.3, -0.25) is 4.98 Å². The molecule has 102 valence electrons. The van der Waals surface area contributed by atoms with E-state index in [1.165, 1.54) is 6.20 Å². The molecule has 0 saturated carbocycles. The molecule has 8 heteroatoms. The minimum Gasteiger partial charge on any atom is -0.332 e. The lowest BCUT2D eigenvalue weighted by molar-refractivity contribution is 0.430. The van der Waals surface area contributed by atoms with Gasteiger partial charge in [-0.25, -0.2) is 4.98 Å². The molecule has 21 heavy (non-hydrogen) atoms. The third-order valence-electron chi connectivity index (χ3n) is 2.56.